The molecule has 1 aliphatic rings. The summed E-state index contributed by atoms with van der Waals surface area (Å²) in [5.74, 6) is -0.392. The summed E-state index contributed by atoms with van der Waals surface area (Å²) < 4.78 is 0.908. The van der Waals surface area contributed by atoms with Crippen molar-refractivity contribution in [2.45, 2.75) is 26.3 Å². The molecule has 1 N–H and O–H groups in total. The fourth-order valence-electron chi connectivity index (χ4n) is 2.77. The lowest BCUT2D eigenvalue weighted by Crippen LogP contribution is -2.34. The van der Waals surface area contributed by atoms with Gasteiger partial charge in [-0.1, -0.05) is 33.6 Å². The van der Waals surface area contributed by atoms with Gasteiger partial charge in [0.2, 0.25) is 5.91 Å². The molecule has 1 heterocycles. The number of rotatable bonds is 3. The van der Waals surface area contributed by atoms with E-state index in [4.69, 9.17) is 0 Å². The lowest BCUT2D eigenvalue weighted by atomic mass is 10.1. The van der Waals surface area contributed by atoms with E-state index in [1.165, 1.54) is 10.5 Å². The third kappa shape index (κ3) is 3.15. The quantitative estimate of drug-likeness (QED) is 0.833. The van der Waals surface area contributed by atoms with E-state index in [0.29, 0.717) is 5.69 Å². The third-order valence-electron chi connectivity index (χ3n) is 3.94. The number of carbonyl (C=O) groups is 2. The van der Waals surface area contributed by atoms with Gasteiger partial charge in [-0.15, -0.1) is 0 Å². The van der Waals surface area contributed by atoms with E-state index in [1.807, 2.05) is 38.1 Å². The molecule has 0 unspecified atom stereocenters. The van der Waals surface area contributed by atoms with Crippen molar-refractivity contribution >= 4 is 39.1 Å². The Morgan fingerprint density at radius 2 is 1.78 bits per heavy atom. The maximum Gasteiger partial charge on any atom is 0.256 e. The SMILES string of the molecule is Cc1ccc(N[C@H]2CC(=O)N(c3ccc(Br)cc3)C2=O)c(C)c1. The van der Waals surface area contributed by atoms with Crippen molar-refractivity contribution in [3.05, 3.63) is 58.1 Å². The van der Waals surface area contributed by atoms with Gasteiger partial charge in [0.25, 0.3) is 5.91 Å². The molecule has 0 spiro atoms. The molecular formula is C18H17BrN2O2. The van der Waals surface area contributed by atoms with Crippen LogP contribution in [0.15, 0.2) is 46.9 Å². The number of carbonyl (C=O) groups excluding carboxylic acids is 2. The second kappa shape index (κ2) is 6.16. The van der Waals surface area contributed by atoms with Crippen LogP contribution in [-0.2, 0) is 9.59 Å². The fraction of sp³-hybridized carbons (Fsp3) is 0.222. The summed E-state index contributed by atoms with van der Waals surface area (Å²) in [6, 6.07) is 12.6. The molecule has 2 aromatic rings. The lowest BCUT2D eigenvalue weighted by Gasteiger charge is -2.17. The molecule has 1 atom stereocenters. The molecule has 1 aliphatic heterocycles. The van der Waals surface area contributed by atoms with Gasteiger partial charge in [0, 0.05) is 10.2 Å². The molecule has 2 aromatic carbocycles. The van der Waals surface area contributed by atoms with Crippen molar-refractivity contribution in [3.8, 4) is 0 Å². The number of imide groups is 1. The van der Waals surface area contributed by atoms with E-state index in [-0.39, 0.29) is 18.2 Å². The minimum atomic E-state index is -0.521. The number of hydrogen-bond donors (Lipinski definition) is 1. The van der Waals surface area contributed by atoms with Crippen molar-refractivity contribution in [2.75, 3.05) is 10.2 Å². The molecule has 0 aromatic heterocycles. The topological polar surface area (TPSA) is 49.4 Å². The van der Waals surface area contributed by atoms with Gasteiger partial charge in [0.15, 0.2) is 0 Å². The van der Waals surface area contributed by atoms with Crippen LogP contribution < -0.4 is 10.2 Å². The molecule has 1 fully saturated rings. The normalized spacial score (nSPS) is 17.7. The summed E-state index contributed by atoms with van der Waals surface area (Å²) in [6.45, 7) is 4.01. The van der Waals surface area contributed by atoms with Crippen molar-refractivity contribution < 1.29 is 9.59 Å². The molecule has 23 heavy (non-hydrogen) atoms. The van der Waals surface area contributed by atoms with Crippen LogP contribution in [0.25, 0.3) is 0 Å². The number of hydrogen-bond acceptors (Lipinski definition) is 3. The van der Waals surface area contributed by atoms with Crippen molar-refractivity contribution in [1.82, 2.24) is 0 Å². The number of halogens is 1. The molecule has 0 radical (unpaired) electrons. The largest absolute Gasteiger partial charge is 0.373 e. The lowest BCUT2D eigenvalue weighted by molar-refractivity contribution is -0.121. The molecule has 118 valence electrons. The summed E-state index contributed by atoms with van der Waals surface area (Å²) in [6.07, 6.45) is 0.169. The van der Waals surface area contributed by atoms with E-state index >= 15 is 0 Å². The molecule has 0 saturated carbocycles. The number of aryl methyl sites for hydroxylation is 2. The van der Waals surface area contributed by atoms with Crippen LogP contribution in [0.5, 0.6) is 0 Å². The minimum Gasteiger partial charge on any atom is -0.373 e. The summed E-state index contributed by atoms with van der Waals surface area (Å²) in [7, 11) is 0. The van der Waals surface area contributed by atoms with Crippen molar-refractivity contribution in [2.24, 2.45) is 0 Å². The number of nitrogens with zero attached hydrogens (tertiary/aromatic N) is 1. The Labute approximate surface area is 143 Å². The van der Waals surface area contributed by atoms with Gasteiger partial charge in [-0.3, -0.25) is 9.59 Å². The first-order chi connectivity index (χ1) is 11.0. The average molecular weight is 373 g/mol. The van der Waals surface area contributed by atoms with E-state index in [2.05, 4.69) is 27.3 Å². The molecule has 2 amide bonds. The van der Waals surface area contributed by atoms with Gasteiger partial charge in [0.1, 0.15) is 6.04 Å². The van der Waals surface area contributed by atoms with Crippen LogP contribution in [0, 0.1) is 13.8 Å². The first-order valence-corrected chi connectivity index (χ1v) is 8.21. The molecule has 5 heteroatoms. The highest BCUT2D eigenvalue weighted by Gasteiger charge is 2.39. The molecular weight excluding hydrogens is 356 g/mol. The van der Waals surface area contributed by atoms with Crippen LogP contribution in [0.3, 0.4) is 0 Å². The number of nitrogens with one attached hydrogen (secondary N) is 1. The third-order valence-corrected chi connectivity index (χ3v) is 4.47. The zero-order valence-corrected chi connectivity index (χ0v) is 14.6. The van der Waals surface area contributed by atoms with Crippen LogP contribution in [0.1, 0.15) is 17.5 Å². The zero-order chi connectivity index (χ0) is 16.6. The van der Waals surface area contributed by atoms with Gasteiger partial charge in [-0.25, -0.2) is 4.90 Å². The summed E-state index contributed by atoms with van der Waals surface area (Å²) in [5.41, 5.74) is 3.72. The predicted molar refractivity (Wildman–Crippen MR) is 94.6 cm³/mol. The van der Waals surface area contributed by atoms with Gasteiger partial charge in [0.05, 0.1) is 12.1 Å². The Kier molecular flexibility index (Phi) is 4.22. The maximum atomic E-state index is 12.6. The predicted octanol–water partition coefficient (Wildman–Crippen LogP) is 3.81. The number of amides is 2. The Morgan fingerprint density at radius 1 is 1.09 bits per heavy atom. The standard InChI is InChI=1S/C18H17BrN2O2/c1-11-3-8-15(12(2)9-11)20-16-10-17(22)21(18(16)23)14-6-4-13(19)5-7-14/h3-9,16,20H,10H2,1-2H3/t16-/m0/s1. The highest BCUT2D eigenvalue weighted by Crippen LogP contribution is 2.27. The highest BCUT2D eigenvalue weighted by atomic mass is 79.9. The van der Waals surface area contributed by atoms with E-state index < -0.39 is 6.04 Å². The Balaban J connectivity index is 1.82. The minimum absolute atomic E-state index is 0.169. The molecule has 1 saturated heterocycles. The van der Waals surface area contributed by atoms with Gasteiger partial charge < -0.3 is 5.32 Å². The number of benzene rings is 2. The maximum absolute atomic E-state index is 12.6. The highest BCUT2D eigenvalue weighted by molar-refractivity contribution is 9.10. The Morgan fingerprint density at radius 3 is 2.43 bits per heavy atom. The summed E-state index contributed by atoms with van der Waals surface area (Å²) >= 11 is 3.35. The van der Waals surface area contributed by atoms with Crippen molar-refractivity contribution in [1.29, 1.82) is 0 Å². The zero-order valence-electron chi connectivity index (χ0n) is 13.0. The van der Waals surface area contributed by atoms with E-state index in [1.54, 1.807) is 12.1 Å². The van der Waals surface area contributed by atoms with Gasteiger partial charge in [-0.2, -0.15) is 0 Å². The van der Waals surface area contributed by atoms with Crippen LogP contribution in [0.4, 0.5) is 11.4 Å². The van der Waals surface area contributed by atoms with E-state index in [0.717, 1.165) is 15.7 Å². The number of anilines is 2. The molecule has 0 aliphatic carbocycles. The Bertz CT molecular complexity index is 771. The molecule has 0 bridgehead atoms. The Hall–Kier alpha value is -2.14. The monoisotopic (exact) mass is 372 g/mol. The summed E-state index contributed by atoms with van der Waals surface area (Å²) in [5, 5.41) is 3.21. The molecule has 3 rings (SSSR count). The van der Waals surface area contributed by atoms with Crippen LogP contribution in [-0.4, -0.2) is 17.9 Å². The summed E-state index contributed by atoms with van der Waals surface area (Å²) in [4.78, 5) is 26.1. The second-order valence-corrected chi connectivity index (χ2v) is 6.68. The van der Waals surface area contributed by atoms with Gasteiger partial charge in [-0.05, 0) is 49.7 Å². The van der Waals surface area contributed by atoms with Crippen LogP contribution in [0.2, 0.25) is 0 Å². The first-order valence-electron chi connectivity index (χ1n) is 7.42. The second-order valence-electron chi connectivity index (χ2n) is 5.76. The van der Waals surface area contributed by atoms with E-state index in [9.17, 15) is 9.59 Å². The first kappa shape index (κ1) is 15.7. The molecule has 4 nitrogen and oxygen atoms in total. The van der Waals surface area contributed by atoms with Crippen molar-refractivity contribution in [3.63, 3.8) is 0 Å². The smallest absolute Gasteiger partial charge is 0.256 e. The van der Waals surface area contributed by atoms with Crippen LogP contribution >= 0.6 is 15.9 Å². The fourth-order valence-corrected chi connectivity index (χ4v) is 3.03. The van der Waals surface area contributed by atoms with Gasteiger partial charge >= 0.3 is 0 Å². The average Bonchev–Trinajstić information content (AvgIpc) is 2.78.